The van der Waals surface area contributed by atoms with Gasteiger partial charge in [-0.2, -0.15) is 0 Å². The molecule has 2 aliphatic rings. The number of piperidine rings is 1. The number of carbonyl (C=O) groups excluding carboxylic acids is 2. The summed E-state index contributed by atoms with van der Waals surface area (Å²) in [5, 5.41) is 3.02. The maximum atomic E-state index is 12.5. The van der Waals surface area contributed by atoms with Gasteiger partial charge in [0.05, 0.1) is 13.0 Å². The molecule has 0 aromatic heterocycles. The average molecular weight is 373 g/mol. The molecule has 0 unspecified atom stereocenters. The van der Waals surface area contributed by atoms with Gasteiger partial charge in [-0.3, -0.25) is 9.59 Å². The van der Waals surface area contributed by atoms with Gasteiger partial charge >= 0.3 is 0 Å². The molecule has 6 heteroatoms. The second kappa shape index (κ2) is 9.22. The molecule has 148 valence electrons. The standard InChI is InChI=1S/C21H31N3O3/c1-16-6-4-10-23(14-16)11-5-9-22-21(26)17-12-20(25)24(15-17)18-7-3-8-19(13-18)27-2/h3,7-8,13,16-17H,4-6,9-12,14-15H2,1-2H3,(H,22,26)/t16-,17+/m1/s1. The zero-order valence-electron chi connectivity index (χ0n) is 16.4. The molecule has 3 rings (SSSR count). The van der Waals surface area contributed by atoms with Crippen LogP contribution in [-0.2, 0) is 9.59 Å². The number of methoxy groups -OCH3 is 1. The van der Waals surface area contributed by atoms with Gasteiger partial charge in [-0.1, -0.05) is 13.0 Å². The minimum atomic E-state index is -0.279. The quantitative estimate of drug-likeness (QED) is 0.745. The van der Waals surface area contributed by atoms with E-state index in [9.17, 15) is 9.59 Å². The second-order valence-corrected chi connectivity index (χ2v) is 7.80. The first-order valence-electron chi connectivity index (χ1n) is 10.0. The summed E-state index contributed by atoms with van der Waals surface area (Å²) < 4.78 is 5.22. The zero-order valence-corrected chi connectivity index (χ0v) is 16.4. The predicted molar refractivity (Wildman–Crippen MR) is 106 cm³/mol. The number of nitrogens with zero attached hydrogens (tertiary/aromatic N) is 2. The van der Waals surface area contributed by atoms with Crippen molar-refractivity contribution in [2.24, 2.45) is 11.8 Å². The normalized spacial score (nSPS) is 23.5. The highest BCUT2D eigenvalue weighted by Gasteiger charge is 2.35. The Bertz CT molecular complexity index is 664. The molecule has 0 spiro atoms. The molecular formula is C21H31N3O3. The number of carbonyl (C=O) groups is 2. The molecule has 1 aromatic rings. The van der Waals surface area contributed by atoms with Gasteiger partial charge in [0.25, 0.3) is 0 Å². The van der Waals surface area contributed by atoms with E-state index in [-0.39, 0.29) is 24.2 Å². The van der Waals surface area contributed by atoms with Gasteiger partial charge in [-0.15, -0.1) is 0 Å². The lowest BCUT2D eigenvalue weighted by molar-refractivity contribution is -0.126. The van der Waals surface area contributed by atoms with Crippen LogP contribution in [0, 0.1) is 11.8 Å². The molecule has 0 aliphatic carbocycles. The van der Waals surface area contributed by atoms with Crippen molar-refractivity contribution < 1.29 is 14.3 Å². The van der Waals surface area contributed by atoms with E-state index in [0.717, 1.165) is 24.6 Å². The fraction of sp³-hybridized carbons (Fsp3) is 0.619. The Labute approximate surface area is 161 Å². The van der Waals surface area contributed by atoms with Crippen molar-refractivity contribution in [3.8, 4) is 5.75 Å². The lowest BCUT2D eigenvalue weighted by atomic mass is 10.0. The lowest BCUT2D eigenvalue weighted by Gasteiger charge is -2.30. The summed E-state index contributed by atoms with van der Waals surface area (Å²) in [4.78, 5) is 29.0. The topological polar surface area (TPSA) is 61.9 Å². The summed E-state index contributed by atoms with van der Waals surface area (Å²) in [7, 11) is 1.60. The minimum Gasteiger partial charge on any atom is -0.497 e. The summed E-state index contributed by atoms with van der Waals surface area (Å²) in [6.45, 7) is 6.78. The van der Waals surface area contributed by atoms with Crippen molar-refractivity contribution in [1.29, 1.82) is 0 Å². The summed E-state index contributed by atoms with van der Waals surface area (Å²) >= 11 is 0. The Morgan fingerprint density at radius 3 is 2.96 bits per heavy atom. The number of amides is 2. The van der Waals surface area contributed by atoms with Crippen molar-refractivity contribution in [3.63, 3.8) is 0 Å². The number of anilines is 1. The van der Waals surface area contributed by atoms with Crippen LogP contribution in [0.25, 0.3) is 0 Å². The van der Waals surface area contributed by atoms with E-state index < -0.39 is 0 Å². The molecule has 0 radical (unpaired) electrons. The van der Waals surface area contributed by atoms with E-state index >= 15 is 0 Å². The van der Waals surface area contributed by atoms with Crippen molar-refractivity contribution in [3.05, 3.63) is 24.3 Å². The van der Waals surface area contributed by atoms with Gasteiger partial charge < -0.3 is 19.9 Å². The third-order valence-corrected chi connectivity index (χ3v) is 5.55. The van der Waals surface area contributed by atoms with Crippen LogP contribution in [0.4, 0.5) is 5.69 Å². The molecule has 2 heterocycles. The monoisotopic (exact) mass is 373 g/mol. The van der Waals surface area contributed by atoms with E-state index in [2.05, 4.69) is 17.1 Å². The molecule has 2 fully saturated rings. The summed E-state index contributed by atoms with van der Waals surface area (Å²) in [5.41, 5.74) is 0.786. The van der Waals surface area contributed by atoms with Crippen molar-refractivity contribution in [1.82, 2.24) is 10.2 Å². The first-order valence-corrected chi connectivity index (χ1v) is 10.0. The van der Waals surface area contributed by atoms with Gasteiger partial charge in [-0.05, 0) is 50.4 Å². The Kier molecular flexibility index (Phi) is 6.72. The van der Waals surface area contributed by atoms with Gasteiger partial charge in [0.1, 0.15) is 5.75 Å². The van der Waals surface area contributed by atoms with E-state index in [1.165, 1.54) is 25.9 Å². The fourth-order valence-electron chi connectivity index (χ4n) is 4.06. The Hall–Kier alpha value is -2.08. The maximum Gasteiger partial charge on any atom is 0.227 e. The number of rotatable bonds is 7. The van der Waals surface area contributed by atoms with E-state index in [0.29, 0.717) is 18.8 Å². The third kappa shape index (κ3) is 5.22. The van der Waals surface area contributed by atoms with Gasteiger partial charge in [0.2, 0.25) is 11.8 Å². The van der Waals surface area contributed by atoms with Crippen LogP contribution in [0.1, 0.15) is 32.6 Å². The summed E-state index contributed by atoms with van der Waals surface area (Å²) in [5.74, 6) is 1.19. The van der Waals surface area contributed by atoms with Crippen LogP contribution in [0.15, 0.2) is 24.3 Å². The molecular weight excluding hydrogens is 342 g/mol. The van der Waals surface area contributed by atoms with E-state index in [1.54, 1.807) is 12.0 Å². The number of nitrogens with one attached hydrogen (secondary N) is 1. The summed E-state index contributed by atoms with van der Waals surface area (Å²) in [6.07, 6.45) is 3.83. The Morgan fingerprint density at radius 2 is 2.19 bits per heavy atom. The average Bonchev–Trinajstić information content (AvgIpc) is 3.07. The molecule has 0 bridgehead atoms. The van der Waals surface area contributed by atoms with Crippen LogP contribution in [0.2, 0.25) is 0 Å². The Balaban J connectivity index is 1.43. The Morgan fingerprint density at radius 1 is 1.33 bits per heavy atom. The number of likely N-dealkylation sites (tertiary alicyclic amines) is 1. The summed E-state index contributed by atoms with van der Waals surface area (Å²) in [6, 6.07) is 7.41. The fourth-order valence-corrected chi connectivity index (χ4v) is 4.06. The van der Waals surface area contributed by atoms with Crippen LogP contribution < -0.4 is 15.0 Å². The lowest BCUT2D eigenvalue weighted by Crippen LogP contribution is -2.38. The zero-order chi connectivity index (χ0) is 19.2. The molecule has 2 atom stereocenters. The van der Waals surface area contributed by atoms with Crippen molar-refractivity contribution >= 4 is 17.5 Å². The largest absolute Gasteiger partial charge is 0.497 e. The molecule has 0 saturated carbocycles. The van der Waals surface area contributed by atoms with Gasteiger partial charge in [-0.25, -0.2) is 0 Å². The molecule has 2 aliphatic heterocycles. The SMILES string of the molecule is COc1cccc(N2C[C@@H](C(=O)NCCCN3CCC[C@@H](C)C3)CC2=O)c1. The first-order chi connectivity index (χ1) is 13.1. The molecule has 27 heavy (non-hydrogen) atoms. The molecule has 6 nitrogen and oxygen atoms in total. The third-order valence-electron chi connectivity index (χ3n) is 5.55. The van der Waals surface area contributed by atoms with E-state index in [1.807, 2.05) is 24.3 Å². The predicted octanol–water partition coefficient (Wildman–Crippen LogP) is 2.29. The molecule has 2 amide bonds. The molecule has 1 aromatic carbocycles. The van der Waals surface area contributed by atoms with Gasteiger partial charge in [0, 0.05) is 37.8 Å². The number of hydrogen-bond donors (Lipinski definition) is 1. The van der Waals surface area contributed by atoms with E-state index in [4.69, 9.17) is 4.74 Å². The second-order valence-electron chi connectivity index (χ2n) is 7.80. The van der Waals surface area contributed by atoms with Crippen molar-refractivity contribution in [2.45, 2.75) is 32.6 Å². The van der Waals surface area contributed by atoms with Gasteiger partial charge in [0.15, 0.2) is 0 Å². The number of benzene rings is 1. The molecule has 1 N–H and O–H groups in total. The highest BCUT2D eigenvalue weighted by molar-refractivity contribution is 6.00. The smallest absolute Gasteiger partial charge is 0.227 e. The van der Waals surface area contributed by atoms with Crippen LogP contribution in [0.5, 0.6) is 5.75 Å². The minimum absolute atomic E-state index is 0.00860. The van der Waals surface area contributed by atoms with Crippen molar-refractivity contribution in [2.75, 3.05) is 44.7 Å². The number of ether oxygens (including phenoxy) is 1. The first kappa shape index (κ1) is 19.7. The van der Waals surface area contributed by atoms with Crippen LogP contribution in [-0.4, -0.2) is 56.5 Å². The number of hydrogen-bond acceptors (Lipinski definition) is 4. The van der Waals surface area contributed by atoms with Crippen LogP contribution >= 0.6 is 0 Å². The van der Waals surface area contributed by atoms with Crippen LogP contribution in [0.3, 0.4) is 0 Å². The molecule has 2 saturated heterocycles. The maximum absolute atomic E-state index is 12.5. The highest BCUT2D eigenvalue weighted by Crippen LogP contribution is 2.28. The highest BCUT2D eigenvalue weighted by atomic mass is 16.5.